The van der Waals surface area contributed by atoms with Crippen molar-refractivity contribution in [3.63, 3.8) is 0 Å². The Morgan fingerprint density at radius 1 is 1.20 bits per heavy atom. The molecule has 0 unspecified atom stereocenters. The van der Waals surface area contributed by atoms with Crippen LogP contribution in [-0.2, 0) is 11.3 Å². The van der Waals surface area contributed by atoms with Crippen LogP contribution < -0.4 is 10.1 Å². The molecule has 0 spiro atoms. The van der Waals surface area contributed by atoms with E-state index in [1.807, 2.05) is 30.3 Å². The van der Waals surface area contributed by atoms with Gasteiger partial charge in [0.05, 0.1) is 10.2 Å². The Labute approximate surface area is 185 Å². The zero-order chi connectivity index (χ0) is 20.7. The molecule has 2 fully saturated rings. The van der Waals surface area contributed by atoms with Gasteiger partial charge in [-0.3, -0.25) is 9.69 Å². The molecule has 5 nitrogen and oxygen atoms in total. The summed E-state index contributed by atoms with van der Waals surface area (Å²) in [7, 11) is 0. The second kappa shape index (κ2) is 8.17. The average molecular weight is 442 g/mol. The summed E-state index contributed by atoms with van der Waals surface area (Å²) in [4.78, 5) is 18.5. The lowest BCUT2D eigenvalue weighted by Gasteiger charge is -2.39. The Hall–Kier alpha value is -2.15. The molecule has 2 aromatic carbocycles. The van der Waals surface area contributed by atoms with Crippen LogP contribution in [0.2, 0.25) is 5.02 Å². The molecular weight excluding hydrogens is 418 g/mol. The van der Waals surface area contributed by atoms with Gasteiger partial charge in [-0.2, -0.15) is 0 Å². The first-order valence-corrected chi connectivity index (χ1v) is 11.6. The third kappa shape index (κ3) is 4.17. The van der Waals surface area contributed by atoms with E-state index in [0.717, 1.165) is 35.4 Å². The van der Waals surface area contributed by atoms with E-state index in [0.29, 0.717) is 28.3 Å². The second-order valence-electron chi connectivity index (χ2n) is 8.26. The maximum absolute atomic E-state index is 11.4. The molecule has 1 aromatic heterocycles. The van der Waals surface area contributed by atoms with Gasteiger partial charge in [-0.25, -0.2) is 4.98 Å². The molecule has 0 aliphatic carbocycles. The van der Waals surface area contributed by atoms with E-state index in [9.17, 15) is 4.79 Å². The van der Waals surface area contributed by atoms with E-state index >= 15 is 0 Å². The predicted octanol–water partition coefficient (Wildman–Crippen LogP) is 5.37. The van der Waals surface area contributed by atoms with Crippen molar-refractivity contribution in [1.29, 1.82) is 0 Å². The molecule has 1 amide bonds. The normalized spacial score (nSPS) is 23.6. The fraction of sp³-hybridized carbons (Fsp3) is 0.391. The minimum atomic E-state index is 0.0830. The van der Waals surface area contributed by atoms with Crippen LogP contribution in [0, 0.1) is 0 Å². The fourth-order valence-electron chi connectivity index (χ4n) is 4.84. The van der Waals surface area contributed by atoms with Crippen LogP contribution in [0.3, 0.4) is 0 Å². The van der Waals surface area contributed by atoms with Crippen LogP contribution in [-0.4, -0.2) is 33.9 Å². The largest absolute Gasteiger partial charge is 0.431 e. The average Bonchev–Trinajstić information content (AvgIpc) is 3.19. The van der Waals surface area contributed by atoms with Crippen LogP contribution in [0.5, 0.6) is 10.9 Å². The Morgan fingerprint density at radius 2 is 1.93 bits per heavy atom. The lowest BCUT2D eigenvalue weighted by Crippen LogP contribution is -2.49. The van der Waals surface area contributed by atoms with Crippen LogP contribution in [0.4, 0.5) is 0 Å². The lowest BCUT2D eigenvalue weighted by atomic mass is 9.96. The maximum Gasteiger partial charge on any atom is 0.279 e. The Bertz CT molecular complexity index is 1050. The van der Waals surface area contributed by atoms with Gasteiger partial charge in [-0.15, -0.1) is 0 Å². The summed E-state index contributed by atoms with van der Waals surface area (Å²) in [5.41, 5.74) is 2.14. The number of nitrogens with zero attached hydrogens (tertiary/aromatic N) is 2. The zero-order valence-corrected chi connectivity index (χ0v) is 18.4. The highest BCUT2D eigenvalue weighted by Crippen LogP contribution is 2.37. The van der Waals surface area contributed by atoms with Crippen molar-refractivity contribution in [3.8, 4) is 10.9 Å². The molecule has 2 aliphatic heterocycles. The van der Waals surface area contributed by atoms with Gasteiger partial charge in [0.2, 0.25) is 5.91 Å². The molecule has 30 heavy (non-hydrogen) atoms. The number of halogens is 1. The molecule has 0 saturated carbocycles. The summed E-state index contributed by atoms with van der Waals surface area (Å²) in [5.74, 6) is 0.871. The number of thiazole rings is 1. The van der Waals surface area contributed by atoms with Gasteiger partial charge in [0, 0.05) is 36.6 Å². The Balaban J connectivity index is 1.23. The van der Waals surface area contributed by atoms with Crippen LogP contribution in [0.15, 0.2) is 42.5 Å². The highest BCUT2D eigenvalue weighted by molar-refractivity contribution is 7.20. The molecule has 0 radical (unpaired) electrons. The molecule has 156 valence electrons. The minimum Gasteiger partial charge on any atom is -0.431 e. The van der Waals surface area contributed by atoms with Gasteiger partial charge in [-0.05, 0) is 61.6 Å². The molecule has 1 N–H and O–H groups in total. The van der Waals surface area contributed by atoms with Gasteiger partial charge < -0.3 is 10.1 Å². The number of nitrogens with one attached hydrogen (secondary N) is 1. The van der Waals surface area contributed by atoms with Gasteiger partial charge in [0.25, 0.3) is 5.19 Å². The predicted molar refractivity (Wildman–Crippen MR) is 120 cm³/mol. The monoisotopic (exact) mass is 441 g/mol. The van der Waals surface area contributed by atoms with Gasteiger partial charge >= 0.3 is 0 Å². The smallest absolute Gasteiger partial charge is 0.279 e. The van der Waals surface area contributed by atoms with Crippen molar-refractivity contribution >= 4 is 39.1 Å². The third-order valence-electron chi connectivity index (χ3n) is 6.12. The first kappa shape index (κ1) is 19.8. The number of fused-ring (bicyclic) bond motifs is 3. The third-order valence-corrected chi connectivity index (χ3v) is 7.26. The van der Waals surface area contributed by atoms with Gasteiger partial charge in [0.1, 0.15) is 5.75 Å². The molecule has 3 atom stereocenters. The van der Waals surface area contributed by atoms with Crippen LogP contribution >= 0.6 is 22.9 Å². The number of hydrogen-bond acceptors (Lipinski definition) is 5. The molecule has 2 saturated heterocycles. The van der Waals surface area contributed by atoms with E-state index in [2.05, 4.69) is 27.3 Å². The Kier molecular flexibility index (Phi) is 5.39. The zero-order valence-electron chi connectivity index (χ0n) is 16.8. The first-order chi connectivity index (χ1) is 14.5. The molecule has 5 rings (SSSR count). The van der Waals surface area contributed by atoms with E-state index in [1.54, 1.807) is 6.92 Å². The van der Waals surface area contributed by atoms with Crippen molar-refractivity contribution in [2.24, 2.45) is 0 Å². The summed E-state index contributed by atoms with van der Waals surface area (Å²) in [6, 6.07) is 15.4. The Morgan fingerprint density at radius 3 is 2.63 bits per heavy atom. The number of rotatable bonds is 5. The summed E-state index contributed by atoms with van der Waals surface area (Å²) in [6.45, 7) is 2.56. The minimum absolute atomic E-state index is 0.0830. The van der Waals surface area contributed by atoms with Gasteiger partial charge in [-0.1, -0.05) is 35.1 Å². The molecule has 3 heterocycles. The number of hydrogen-bond donors (Lipinski definition) is 1. The SMILES string of the molecule is CC(=O)N[C@@H]1C[C@H]2CC[C@@H](C1)N2Cc1ccc(Oc2nc3cc(Cl)ccc3s2)cc1. The lowest BCUT2D eigenvalue weighted by molar-refractivity contribution is -0.120. The topological polar surface area (TPSA) is 54.5 Å². The molecule has 7 heteroatoms. The van der Waals surface area contributed by atoms with E-state index in [1.165, 1.54) is 29.7 Å². The number of piperidine rings is 1. The summed E-state index contributed by atoms with van der Waals surface area (Å²) in [6.07, 6.45) is 4.56. The number of amides is 1. The summed E-state index contributed by atoms with van der Waals surface area (Å²) in [5, 5.41) is 4.42. The van der Waals surface area contributed by atoms with Crippen LogP contribution in [0.25, 0.3) is 10.2 Å². The number of ether oxygens (including phenoxy) is 1. The van der Waals surface area contributed by atoms with Crippen molar-refractivity contribution in [3.05, 3.63) is 53.1 Å². The number of carbonyl (C=O) groups excluding carboxylic acids is 1. The van der Waals surface area contributed by atoms with E-state index in [-0.39, 0.29) is 5.91 Å². The van der Waals surface area contributed by atoms with E-state index in [4.69, 9.17) is 16.3 Å². The number of carbonyl (C=O) groups is 1. The molecule has 2 aliphatic rings. The van der Waals surface area contributed by atoms with Crippen LogP contribution in [0.1, 0.15) is 38.2 Å². The first-order valence-electron chi connectivity index (χ1n) is 10.4. The fourth-order valence-corrected chi connectivity index (χ4v) is 5.82. The van der Waals surface area contributed by atoms with Gasteiger partial charge in [0.15, 0.2) is 0 Å². The molecular formula is C23H24ClN3O2S. The number of benzene rings is 2. The van der Waals surface area contributed by atoms with E-state index < -0.39 is 0 Å². The second-order valence-corrected chi connectivity index (χ2v) is 9.69. The van der Waals surface area contributed by atoms with Crippen molar-refractivity contribution < 1.29 is 9.53 Å². The molecule has 2 bridgehead atoms. The van der Waals surface area contributed by atoms with Crippen molar-refractivity contribution in [2.75, 3.05) is 0 Å². The number of aromatic nitrogens is 1. The van der Waals surface area contributed by atoms with Crippen molar-refractivity contribution in [1.82, 2.24) is 15.2 Å². The maximum atomic E-state index is 11.4. The quantitative estimate of drug-likeness (QED) is 0.578. The highest BCUT2D eigenvalue weighted by atomic mass is 35.5. The summed E-state index contributed by atoms with van der Waals surface area (Å²) < 4.78 is 7.02. The van der Waals surface area contributed by atoms with Crippen molar-refractivity contribution in [2.45, 2.75) is 57.3 Å². The summed E-state index contributed by atoms with van der Waals surface area (Å²) >= 11 is 7.56. The standard InChI is InChI=1S/C23H24ClN3O2S/c1-14(28)25-17-11-18-5-6-19(12-17)27(18)13-15-2-7-20(8-3-15)29-23-26-21-10-16(24)4-9-22(21)30-23/h2-4,7-10,17-19H,5-6,11-13H2,1H3,(H,25,28)/t17-,18-,19+. The molecule has 3 aromatic rings. The highest BCUT2D eigenvalue weighted by Gasteiger charge is 2.40.